The molecule has 4 rings (SSSR count). The van der Waals surface area contributed by atoms with Crippen LogP contribution >= 0.6 is 11.8 Å². The minimum atomic E-state index is -0.619. The summed E-state index contributed by atoms with van der Waals surface area (Å²) in [5.74, 6) is -0.297. The number of benzene rings is 2. The molecule has 8 heteroatoms. The van der Waals surface area contributed by atoms with Crippen LogP contribution in [-0.2, 0) is 9.53 Å². The first-order valence-electron chi connectivity index (χ1n) is 10.9. The van der Waals surface area contributed by atoms with Crippen molar-refractivity contribution in [3.8, 4) is 0 Å². The van der Waals surface area contributed by atoms with E-state index >= 15 is 0 Å². The molecule has 2 fully saturated rings. The average molecular weight is 458 g/mol. The monoisotopic (exact) mass is 457 g/mol. The molecular formula is C24H28FN3O3S. The highest BCUT2D eigenvalue weighted by molar-refractivity contribution is 7.99. The second-order valence-corrected chi connectivity index (χ2v) is 9.19. The van der Waals surface area contributed by atoms with Crippen LogP contribution in [0.1, 0.15) is 26.9 Å². The Hall–Kier alpha value is -2.42. The molecule has 170 valence electrons. The maximum Gasteiger partial charge on any atom is 0.255 e. The minimum absolute atomic E-state index is 0.176. The number of carbonyl (C=O) groups is 2. The fourth-order valence-electron chi connectivity index (χ4n) is 4.00. The highest BCUT2D eigenvalue weighted by Crippen LogP contribution is 2.42. The second kappa shape index (κ2) is 10.5. The lowest BCUT2D eigenvalue weighted by Gasteiger charge is -2.30. The van der Waals surface area contributed by atoms with Crippen LogP contribution in [0.4, 0.5) is 4.39 Å². The predicted molar refractivity (Wildman–Crippen MR) is 123 cm³/mol. The van der Waals surface area contributed by atoms with E-state index < -0.39 is 11.4 Å². The van der Waals surface area contributed by atoms with Crippen molar-refractivity contribution >= 4 is 23.6 Å². The van der Waals surface area contributed by atoms with Crippen LogP contribution in [0.15, 0.2) is 48.5 Å². The third-order valence-electron chi connectivity index (χ3n) is 5.80. The molecule has 1 N–H and O–H groups in total. The topological polar surface area (TPSA) is 61.9 Å². The summed E-state index contributed by atoms with van der Waals surface area (Å²) in [6, 6.07) is 12.9. The van der Waals surface area contributed by atoms with Crippen LogP contribution in [0.2, 0.25) is 0 Å². The molecule has 2 saturated heterocycles. The maximum atomic E-state index is 13.9. The van der Waals surface area contributed by atoms with E-state index in [1.807, 2.05) is 19.1 Å². The van der Waals surface area contributed by atoms with Gasteiger partial charge in [-0.1, -0.05) is 29.8 Å². The van der Waals surface area contributed by atoms with Crippen LogP contribution in [0.5, 0.6) is 0 Å². The summed E-state index contributed by atoms with van der Waals surface area (Å²) in [5, 5.41) is 2.58. The van der Waals surface area contributed by atoms with Gasteiger partial charge in [0.25, 0.3) is 5.91 Å². The van der Waals surface area contributed by atoms with Crippen molar-refractivity contribution in [1.82, 2.24) is 15.1 Å². The first kappa shape index (κ1) is 22.8. The number of nitrogens with zero attached hydrogens (tertiary/aromatic N) is 2. The zero-order valence-electron chi connectivity index (χ0n) is 18.1. The summed E-state index contributed by atoms with van der Waals surface area (Å²) in [6.07, 6.45) is 0. The summed E-state index contributed by atoms with van der Waals surface area (Å²) >= 11 is 1.49. The molecule has 0 aromatic heterocycles. The normalized spacial score (nSPS) is 21.5. The fraction of sp³-hybridized carbons (Fsp3) is 0.417. The Morgan fingerprint density at radius 3 is 2.62 bits per heavy atom. The van der Waals surface area contributed by atoms with Gasteiger partial charge in [-0.2, -0.15) is 0 Å². The molecule has 2 aromatic rings. The van der Waals surface area contributed by atoms with Crippen molar-refractivity contribution in [2.24, 2.45) is 0 Å². The molecule has 2 atom stereocenters. The van der Waals surface area contributed by atoms with Crippen LogP contribution in [0.25, 0.3) is 0 Å². The number of amides is 2. The van der Waals surface area contributed by atoms with Crippen LogP contribution in [-0.4, -0.2) is 72.8 Å². The number of rotatable bonds is 6. The molecule has 2 aliphatic heterocycles. The Balaban J connectivity index is 1.51. The van der Waals surface area contributed by atoms with Gasteiger partial charge in [-0.3, -0.25) is 14.5 Å². The Morgan fingerprint density at radius 1 is 1.16 bits per heavy atom. The van der Waals surface area contributed by atoms with Crippen LogP contribution in [0.3, 0.4) is 0 Å². The average Bonchev–Trinajstić information content (AvgIpc) is 3.25. The summed E-state index contributed by atoms with van der Waals surface area (Å²) in [7, 11) is 0. The van der Waals surface area contributed by atoms with Gasteiger partial charge in [0.15, 0.2) is 0 Å². The van der Waals surface area contributed by atoms with E-state index in [1.54, 1.807) is 29.2 Å². The van der Waals surface area contributed by atoms with Crippen molar-refractivity contribution < 1.29 is 18.7 Å². The molecule has 32 heavy (non-hydrogen) atoms. The molecular weight excluding hydrogens is 429 g/mol. The highest BCUT2D eigenvalue weighted by atomic mass is 32.2. The van der Waals surface area contributed by atoms with Crippen molar-refractivity contribution in [3.63, 3.8) is 0 Å². The third-order valence-corrected chi connectivity index (χ3v) is 7.12. The number of hydrogen-bond acceptors (Lipinski definition) is 5. The molecule has 2 aromatic carbocycles. The summed E-state index contributed by atoms with van der Waals surface area (Å²) < 4.78 is 19.3. The number of thioether (sulfide) groups is 1. The van der Waals surface area contributed by atoms with E-state index in [9.17, 15) is 14.0 Å². The van der Waals surface area contributed by atoms with Crippen LogP contribution < -0.4 is 5.32 Å². The molecule has 2 aliphatic rings. The van der Waals surface area contributed by atoms with E-state index in [0.29, 0.717) is 36.6 Å². The van der Waals surface area contributed by atoms with Gasteiger partial charge in [-0.25, -0.2) is 4.39 Å². The first-order chi connectivity index (χ1) is 15.5. The molecule has 2 unspecified atom stereocenters. The van der Waals surface area contributed by atoms with E-state index in [0.717, 1.165) is 25.2 Å². The Morgan fingerprint density at radius 2 is 1.91 bits per heavy atom. The molecule has 2 heterocycles. The summed E-state index contributed by atoms with van der Waals surface area (Å²) in [5.41, 5.74) is 2.25. The van der Waals surface area contributed by atoms with E-state index in [2.05, 4.69) is 10.2 Å². The highest BCUT2D eigenvalue weighted by Gasteiger charge is 2.42. The van der Waals surface area contributed by atoms with E-state index in [4.69, 9.17) is 4.74 Å². The molecule has 0 radical (unpaired) electrons. The lowest BCUT2D eigenvalue weighted by atomic mass is 10.1. The quantitative estimate of drug-likeness (QED) is 0.723. The maximum absolute atomic E-state index is 13.9. The lowest BCUT2D eigenvalue weighted by Crippen LogP contribution is -2.49. The molecule has 0 aliphatic carbocycles. The zero-order chi connectivity index (χ0) is 22.5. The fourth-order valence-corrected chi connectivity index (χ4v) is 5.42. The Bertz CT molecular complexity index is 950. The number of hydrogen-bond donors (Lipinski definition) is 1. The van der Waals surface area contributed by atoms with Crippen molar-refractivity contribution in [1.29, 1.82) is 0 Å². The van der Waals surface area contributed by atoms with Gasteiger partial charge in [0.1, 0.15) is 17.2 Å². The number of aryl methyl sites for hydroxylation is 1. The van der Waals surface area contributed by atoms with Crippen LogP contribution in [0, 0.1) is 12.7 Å². The largest absolute Gasteiger partial charge is 0.379 e. The Labute approximate surface area is 192 Å². The summed E-state index contributed by atoms with van der Waals surface area (Å²) in [4.78, 5) is 30.4. The minimum Gasteiger partial charge on any atom is -0.379 e. The van der Waals surface area contributed by atoms with Crippen molar-refractivity contribution in [2.75, 3.05) is 45.1 Å². The SMILES string of the molecule is Cc1ccc(C(=O)N2C(C(=O)NCCN3CCOCC3)CSC2c2cccc(F)c2)cc1. The van der Waals surface area contributed by atoms with Gasteiger partial charge in [-0.05, 0) is 36.8 Å². The molecule has 0 spiro atoms. The zero-order valence-corrected chi connectivity index (χ0v) is 18.9. The molecule has 0 bridgehead atoms. The van der Waals surface area contributed by atoms with Gasteiger partial charge in [0.2, 0.25) is 5.91 Å². The van der Waals surface area contributed by atoms with Crippen molar-refractivity contribution in [3.05, 3.63) is 71.0 Å². The van der Waals surface area contributed by atoms with Gasteiger partial charge in [-0.15, -0.1) is 11.8 Å². The number of morpholine rings is 1. The van der Waals surface area contributed by atoms with Gasteiger partial charge in [0.05, 0.1) is 13.2 Å². The predicted octanol–water partition coefficient (Wildman–Crippen LogP) is 2.84. The second-order valence-electron chi connectivity index (χ2n) is 8.08. The van der Waals surface area contributed by atoms with E-state index in [-0.39, 0.29) is 17.6 Å². The molecule has 6 nitrogen and oxygen atoms in total. The molecule has 2 amide bonds. The third kappa shape index (κ3) is 5.31. The Kier molecular flexibility index (Phi) is 7.44. The first-order valence-corrected chi connectivity index (χ1v) is 11.9. The number of halogens is 1. The van der Waals surface area contributed by atoms with Gasteiger partial charge >= 0.3 is 0 Å². The smallest absolute Gasteiger partial charge is 0.255 e. The number of ether oxygens (including phenoxy) is 1. The van der Waals surface area contributed by atoms with Gasteiger partial charge < -0.3 is 15.0 Å². The van der Waals surface area contributed by atoms with E-state index in [1.165, 1.54) is 23.9 Å². The number of nitrogens with one attached hydrogen (secondary N) is 1. The molecule has 0 saturated carbocycles. The number of carbonyl (C=O) groups excluding carboxylic acids is 2. The van der Waals surface area contributed by atoms with Crippen molar-refractivity contribution in [2.45, 2.75) is 18.3 Å². The van der Waals surface area contributed by atoms with Gasteiger partial charge in [0, 0.05) is 37.5 Å². The summed E-state index contributed by atoms with van der Waals surface area (Å²) in [6.45, 7) is 6.35. The standard InChI is InChI=1S/C24H28FN3O3S/c1-17-5-7-18(8-6-17)23(30)28-21(16-32-24(28)19-3-2-4-20(25)15-19)22(29)26-9-10-27-11-13-31-14-12-27/h2-8,15,21,24H,9-14,16H2,1H3,(H,26,29). The lowest BCUT2D eigenvalue weighted by molar-refractivity contribution is -0.124.